The van der Waals surface area contributed by atoms with Crippen LogP contribution in [-0.2, 0) is 0 Å². The van der Waals surface area contributed by atoms with Gasteiger partial charge in [0, 0.05) is 11.7 Å². The maximum atomic E-state index is 12.4. The Labute approximate surface area is 142 Å². The number of anilines is 2. The molecule has 0 bridgehead atoms. The second-order valence-electron chi connectivity index (χ2n) is 5.27. The maximum absolute atomic E-state index is 12.4. The Kier molecular flexibility index (Phi) is 6.11. The van der Waals surface area contributed by atoms with Gasteiger partial charge in [0.15, 0.2) is 5.11 Å². The third-order valence-corrected chi connectivity index (χ3v) is 3.65. The van der Waals surface area contributed by atoms with Crippen molar-refractivity contribution in [1.29, 1.82) is 0 Å². The Morgan fingerprint density at radius 1 is 1.04 bits per heavy atom. The Hall–Kier alpha value is -2.40. The average molecular weight is 327 g/mol. The van der Waals surface area contributed by atoms with Gasteiger partial charge in [0.2, 0.25) is 0 Å². The molecule has 0 radical (unpaired) electrons. The van der Waals surface area contributed by atoms with Crippen LogP contribution in [0.1, 0.15) is 30.6 Å². The molecule has 1 atom stereocenters. The molecule has 0 aromatic heterocycles. The van der Waals surface area contributed by atoms with Crippen LogP contribution in [0.3, 0.4) is 0 Å². The quantitative estimate of drug-likeness (QED) is 0.726. The summed E-state index contributed by atoms with van der Waals surface area (Å²) >= 11 is 5.32. The Morgan fingerprint density at radius 3 is 2.39 bits per heavy atom. The SMILES string of the molecule is CC[C@H](C)NC(=O)c1ccccc1NC(=S)Nc1ccccc1. The summed E-state index contributed by atoms with van der Waals surface area (Å²) in [4.78, 5) is 12.4. The lowest BCUT2D eigenvalue weighted by Crippen LogP contribution is -2.32. The molecule has 2 aromatic rings. The van der Waals surface area contributed by atoms with E-state index in [9.17, 15) is 4.79 Å². The summed E-state index contributed by atoms with van der Waals surface area (Å²) in [6.45, 7) is 4.02. The molecule has 0 aliphatic rings. The van der Waals surface area contributed by atoms with Gasteiger partial charge in [-0.3, -0.25) is 4.79 Å². The van der Waals surface area contributed by atoms with Gasteiger partial charge < -0.3 is 16.0 Å². The molecule has 3 N–H and O–H groups in total. The largest absolute Gasteiger partial charge is 0.350 e. The van der Waals surface area contributed by atoms with Gasteiger partial charge in [-0.15, -0.1) is 0 Å². The van der Waals surface area contributed by atoms with Crippen molar-refractivity contribution < 1.29 is 4.79 Å². The van der Waals surface area contributed by atoms with Gasteiger partial charge in [0.25, 0.3) is 5.91 Å². The third-order valence-electron chi connectivity index (χ3n) is 3.44. The second-order valence-corrected chi connectivity index (χ2v) is 5.68. The number of rotatable bonds is 5. The molecule has 0 saturated heterocycles. The summed E-state index contributed by atoms with van der Waals surface area (Å²) in [7, 11) is 0. The number of benzene rings is 2. The van der Waals surface area contributed by atoms with Crippen LogP contribution in [0.4, 0.5) is 11.4 Å². The third kappa shape index (κ3) is 5.07. The molecular weight excluding hydrogens is 306 g/mol. The van der Waals surface area contributed by atoms with Crippen molar-refractivity contribution in [3.63, 3.8) is 0 Å². The van der Waals surface area contributed by atoms with Gasteiger partial charge in [0.05, 0.1) is 11.3 Å². The van der Waals surface area contributed by atoms with Crippen LogP contribution in [-0.4, -0.2) is 17.1 Å². The molecule has 1 amide bonds. The van der Waals surface area contributed by atoms with Gasteiger partial charge in [-0.05, 0) is 49.8 Å². The molecule has 0 spiro atoms. The summed E-state index contributed by atoms with van der Waals surface area (Å²) in [5.41, 5.74) is 2.15. The Bertz CT molecular complexity index is 673. The first kappa shape index (κ1) is 17.0. The summed E-state index contributed by atoms with van der Waals surface area (Å²) in [6, 6.07) is 17.1. The molecule has 0 unspecified atom stereocenters. The molecule has 120 valence electrons. The Balaban J connectivity index is 2.08. The highest BCUT2D eigenvalue weighted by molar-refractivity contribution is 7.80. The van der Waals surface area contributed by atoms with Gasteiger partial charge in [0.1, 0.15) is 0 Å². The average Bonchev–Trinajstić information content (AvgIpc) is 2.56. The molecule has 23 heavy (non-hydrogen) atoms. The number of carbonyl (C=O) groups is 1. The van der Waals surface area contributed by atoms with Crippen LogP contribution < -0.4 is 16.0 Å². The minimum Gasteiger partial charge on any atom is -0.350 e. The molecule has 0 aliphatic carbocycles. The molecular formula is C18H21N3OS. The summed E-state index contributed by atoms with van der Waals surface area (Å²) in [6.07, 6.45) is 0.884. The second kappa shape index (κ2) is 8.29. The molecule has 4 nitrogen and oxygen atoms in total. The summed E-state index contributed by atoms with van der Waals surface area (Å²) < 4.78 is 0. The highest BCUT2D eigenvalue weighted by atomic mass is 32.1. The zero-order valence-electron chi connectivity index (χ0n) is 13.3. The van der Waals surface area contributed by atoms with Crippen molar-refractivity contribution >= 4 is 34.6 Å². The molecule has 0 saturated carbocycles. The molecule has 2 rings (SSSR count). The van der Waals surface area contributed by atoms with Crippen LogP contribution in [0, 0.1) is 0 Å². The monoisotopic (exact) mass is 327 g/mol. The first-order valence-corrected chi connectivity index (χ1v) is 8.04. The van der Waals surface area contributed by atoms with Gasteiger partial charge in [-0.25, -0.2) is 0 Å². The van der Waals surface area contributed by atoms with Crippen LogP contribution >= 0.6 is 12.2 Å². The molecule has 0 fully saturated rings. The fraction of sp³-hybridized carbons (Fsp3) is 0.222. The van der Waals surface area contributed by atoms with Gasteiger partial charge in [-0.1, -0.05) is 37.3 Å². The van der Waals surface area contributed by atoms with E-state index in [0.29, 0.717) is 16.4 Å². The van der Waals surface area contributed by atoms with E-state index >= 15 is 0 Å². The lowest BCUT2D eigenvalue weighted by molar-refractivity contribution is 0.0940. The van der Waals surface area contributed by atoms with Gasteiger partial charge in [-0.2, -0.15) is 0 Å². The van der Waals surface area contributed by atoms with E-state index in [1.165, 1.54) is 0 Å². The number of amides is 1. The minimum absolute atomic E-state index is 0.107. The molecule has 5 heteroatoms. The fourth-order valence-electron chi connectivity index (χ4n) is 2.00. The summed E-state index contributed by atoms with van der Waals surface area (Å²) in [5, 5.41) is 9.60. The van der Waals surface area contributed by atoms with Crippen molar-refractivity contribution in [3.05, 3.63) is 60.2 Å². The zero-order valence-corrected chi connectivity index (χ0v) is 14.1. The van der Waals surface area contributed by atoms with E-state index in [2.05, 4.69) is 16.0 Å². The van der Waals surface area contributed by atoms with E-state index in [1.54, 1.807) is 6.07 Å². The van der Waals surface area contributed by atoms with Crippen LogP contribution in [0.2, 0.25) is 0 Å². The van der Waals surface area contributed by atoms with E-state index in [4.69, 9.17) is 12.2 Å². The molecule has 0 heterocycles. The number of hydrogen-bond acceptors (Lipinski definition) is 2. The van der Waals surface area contributed by atoms with E-state index in [0.717, 1.165) is 12.1 Å². The smallest absolute Gasteiger partial charge is 0.253 e. The predicted octanol–water partition coefficient (Wildman–Crippen LogP) is 4.02. The fourth-order valence-corrected chi connectivity index (χ4v) is 2.23. The van der Waals surface area contributed by atoms with Crippen LogP contribution in [0.25, 0.3) is 0 Å². The first-order valence-electron chi connectivity index (χ1n) is 7.63. The number of carbonyl (C=O) groups excluding carboxylic acids is 1. The van der Waals surface area contributed by atoms with E-state index < -0.39 is 0 Å². The zero-order chi connectivity index (χ0) is 16.7. The number of thiocarbonyl (C=S) groups is 1. The minimum atomic E-state index is -0.107. The van der Waals surface area contributed by atoms with E-state index in [-0.39, 0.29) is 11.9 Å². The van der Waals surface area contributed by atoms with Crippen molar-refractivity contribution in [2.45, 2.75) is 26.3 Å². The number of nitrogens with one attached hydrogen (secondary N) is 3. The van der Waals surface area contributed by atoms with E-state index in [1.807, 2.05) is 62.4 Å². The standard InChI is InChI=1S/C18H21N3OS/c1-3-13(2)19-17(22)15-11-7-8-12-16(15)21-18(23)20-14-9-5-4-6-10-14/h4-13H,3H2,1-2H3,(H,19,22)(H2,20,21,23)/t13-/m0/s1. The van der Waals surface area contributed by atoms with Crippen molar-refractivity contribution in [3.8, 4) is 0 Å². The molecule has 2 aromatic carbocycles. The number of para-hydroxylation sites is 2. The Morgan fingerprint density at radius 2 is 1.70 bits per heavy atom. The lowest BCUT2D eigenvalue weighted by atomic mass is 10.1. The normalized spacial score (nSPS) is 11.4. The molecule has 0 aliphatic heterocycles. The van der Waals surface area contributed by atoms with Crippen molar-refractivity contribution in [1.82, 2.24) is 5.32 Å². The lowest BCUT2D eigenvalue weighted by Gasteiger charge is -2.16. The van der Waals surface area contributed by atoms with Crippen LogP contribution in [0.5, 0.6) is 0 Å². The van der Waals surface area contributed by atoms with Crippen molar-refractivity contribution in [2.75, 3.05) is 10.6 Å². The highest BCUT2D eigenvalue weighted by Crippen LogP contribution is 2.16. The summed E-state index contributed by atoms with van der Waals surface area (Å²) in [5.74, 6) is -0.107. The van der Waals surface area contributed by atoms with Gasteiger partial charge >= 0.3 is 0 Å². The predicted molar refractivity (Wildman–Crippen MR) is 99.9 cm³/mol. The topological polar surface area (TPSA) is 53.2 Å². The maximum Gasteiger partial charge on any atom is 0.253 e. The highest BCUT2D eigenvalue weighted by Gasteiger charge is 2.13. The first-order chi connectivity index (χ1) is 11.1. The number of hydrogen-bond donors (Lipinski definition) is 3. The van der Waals surface area contributed by atoms with Crippen LogP contribution in [0.15, 0.2) is 54.6 Å². The van der Waals surface area contributed by atoms with Crippen molar-refractivity contribution in [2.24, 2.45) is 0 Å².